The highest BCUT2D eigenvalue weighted by Crippen LogP contribution is 2.39. The SMILES string of the molecule is C[C@@H](NC(=O)C1CCC(C(F)(F)F)CC1)C(=O)O. The highest BCUT2D eigenvalue weighted by molar-refractivity contribution is 5.84. The lowest BCUT2D eigenvalue weighted by Gasteiger charge is -2.29. The normalized spacial score (nSPS) is 26.4. The number of carbonyl (C=O) groups excluding carboxylic acids is 1. The van der Waals surface area contributed by atoms with Gasteiger partial charge in [0.15, 0.2) is 0 Å². The lowest BCUT2D eigenvalue weighted by atomic mass is 9.81. The maximum absolute atomic E-state index is 12.4. The first-order valence-electron chi connectivity index (χ1n) is 5.81. The molecule has 0 saturated heterocycles. The van der Waals surface area contributed by atoms with Gasteiger partial charge in [-0.05, 0) is 32.6 Å². The lowest BCUT2D eigenvalue weighted by molar-refractivity contribution is -0.184. The van der Waals surface area contributed by atoms with Gasteiger partial charge in [0.1, 0.15) is 6.04 Å². The van der Waals surface area contributed by atoms with E-state index in [-0.39, 0.29) is 25.7 Å². The summed E-state index contributed by atoms with van der Waals surface area (Å²) in [7, 11) is 0. The fourth-order valence-corrected chi connectivity index (χ4v) is 2.08. The van der Waals surface area contributed by atoms with E-state index in [0.29, 0.717) is 0 Å². The minimum atomic E-state index is -4.20. The van der Waals surface area contributed by atoms with Crippen LogP contribution in [-0.4, -0.2) is 29.2 Å². The van der Waals surface area contributed by atoms with E-state index >= 15 is 0 Å². The zero-order chi connectivity index (χ0) is 13.9. The maximum atomic E-state index is 12.4. The number of nitrogens with one attached hydrogen (secondary N) is 1. The molecule has 7 heteroatoms. The van der Waals surface area contributed by atoms with E-state index in [1.807, 2.05) is 0 Å². The summed E-state index contributed by atoms with van der Waals surface area (Å²) in [4.78, 5) is 22.2. The summed E-state index contributed by atoms with van der Waals surface area (Å²) in [6, 6.07) is -1.02. The van der Waals surface area contributed by atoms with Gasteiger partial charge in [0.2, 0.25) is 5.91 Å². The first-order chi connectivity index (χ1) is 8.21. The second kappa shape index (κ2) is 5.58. The van der Waals surface area contributed by atoms with Gasteiger partial charge in [-0.25, -0.2) is 0 Å². The summed E-state index contributed by atoms with van der Waals surface area (Å²) < 4.78 is 37.2. The molecule has 1 rings (SSSR count). The van der Waals surface area contributed by atoms with Gasteiger partial charge in [0.25, 0.3) is 0 Å². The summed E-state index contributed by atoms with van der Waals surface area (Å²) in [5, 5.41) is 10.9. The number of carboxylic acid groups (broad SMARTS) is 1. The van der Waals surface area contributed by atoms with Crippen LogP contribution in [0.25, 0.3) is 0 Å². The monoisotopic (exact) mass is 267 g/mol. The van der Waals surface area contributed by atoms with Crippen LogP contribution in [0.4, 0.5) is 13.2 Å². The topological polar surface area (TPSA) is 66.4 Å². The van der Waals surface area contributed by atoms with Crippen LogP contribution in [-0.2, 0) is 9.59 Å². The Balaban J connectivity index is 2.43. The smallest absolute Gasteiger partial charge is 0.391 e. The third-order valence-electron chi connectivity index (χ3n) is 3.29. The second-order valence-electron chi connectivity index (χ2n) is 4.66. The Kier molecular flexibility index (Phi) is 4.59. The minimum absolute atomic E-state index is 0.0664. The van der Waals surface area contributed by atoms with E-state index in [1.165, 1.54) is 6.92 Å². The summed E-state index contributed by atoms with van der Waals surface area (Å²) in [5.41, 5.74) is 0. The number of carboxylic acids is 1. The summed E-state index contributed by atoms with van der Waals surface area (Å²) >= 11 is 0. The first kappa shape index (κ1) is 14.8. The summed E-state index contributed by atoms with van der Waals surface area (Å²) in [5.74, 6) is -3.47. The van der Waals surface area contributed by atoms with Gasteiger partial charge in [-0.2, -0.15) is 13.2 Å². The minimum Gasteiger partial charge on any atom is -0.480 e. The number of hydrogen-bond donors (Lipinski definition) is 2. The van der Waals surface area contributed by atoms with Crippen LogP contribution >= 0.6 is 0 Å². The van der Waals surface area contributed by atoms with Gasteiger partial charge >= 0.3 is 12.1 Å². The molecule has 1 fully saturated rings. The molecule has 1 amide bonds. The van der Waals surface area contributed by atoms with Gasteiger partial charge < -0.3 is 10.4 Å². The van der Waals surface area contributed by atoms with E-state index in [0.717, 1.165) is 0 Å². The molecule has 0 radical (unpaired) electrons. The van der Waals surface area contributed by atoms with Crippen molar-refractivity contribution in [3.8, 4) is 0 Å². The molecule has 1 aliphatic rings. The van der Waals surface area contributed by atoms with E-state index < -0.39 is 35.9 Å². The molecule has 0 aliphatic heterocycles. The van der Waals surface area contributed by atoms with E-state index in [2.05, 4.69) is 5.32 Å². The van der Waals surface area contributed by atoms with Crippen molar-refractivity contribution in [3.63, 3.8) is 0 Å². The number of aliphatic carboxylic acids is 1. The third-order valence-corrected chi connectivity index (χ3v) is 3.29. The highest BCUT2D eigenvalue weighted by Gasteiger charge is 2.42. The third kappa shape index (κ3) is 3.89. The second-order valence-corrected chi connectivity index (χ2v) is 4.66. The fourth-order valence-electron chi connectivity index (χ4n) is 2.08. The molecule has 0 heterocycles. The fraction of sp³-hybridized carbons (Fsp3) is 0.818. The van der Waals surface area contributed by atoms with Crippen LogP contribution in [0.5, 0.6) is 0 Å². The number of carbonyl (C=O) groups is 2. The Bertz CT molecular complexity index is 322. The van der Waals surface area contributed by atoms with Crippen LogP contribution < -0.4 is 5.32 Å². The zero-order valence-corrected chi connectivity index (χ0v) is 9.96. The molecule has 1 aliphatic carbocycles. The molecule has 0 aromatic carbocycles. The van der Waals surface area contributed by atoms with Gasteiger partial charge in [-0.3, -0.25) is 9.59 Å². The maximum Gasteiger partial charge on any atom is 0.391 e. The standard InChI is InChI=1S/C11H16F3NO3/c1-6(10(17)18)15-9(16)7-2-4-8(5-3-7)11(12,13)14/h6-8H,2-5H2,1H3,(H,15,16)(H,17,18)/t6-,7?,8?/m1/s1. The number of rotatable bonds is 3. The Morgan fingerprint density at radius 3 is 2.11 bits per heavy atom. The van der Waals surface area contributed by atoms with Gasteiger partial charge in [-0.15, -0.1) is 0 Å². The van der Waals surface area contributed by atoms with E-state index in [9.17, 15) is 22.8 Å². The van der Waals surface area contributed by atoms with Crippen molar-refractivity contribution in [1.29, 1.82) is 0 Å². The van der Waals surface area contributed by atoms with Crippen molar-refractivity contribution >= 4 is 11.9 Å². The van der Waals surface area contributed by atoms with E-state index in [4.69, 9.17) is 5.11 Å². The Labute approximate surface area is 103 Å². The molecule has 4 nitrogen and oxygen atoms in total. The molecule has 1 atom stereocenters. The first-order valence-corrected chi connectivity index (χ1v) is 5.81. The molecule has 0 bridgehead atoms. The number of alkyl halides is 3. The van der Waals surface area contributed by atoms with Crippen molar-refractivity contribution < 1.29 is 27.9 Å². The molecule has 18 heavy (non-hydrogen) atoms. The molecule has 2 N–H and O–H groups in total. The zero-order valence-electron chi connectivity index (χ0n) is 9.96. The number of hydrogen-bond acceptors (Lipinski definition) is 2. The lowest BCUT2D eigenvalue weighted by Crippen LogP contribution is -2.43. The largest absolute Gasteiger partial charge is 0.480 e. The van der Waals surface area contributed by atoms with E-state index in [1.54, 1.807) is 0 Å². The molecule has 0 spiro atoms. The van der Waals surface area contributed by atoms with Crippen molar-refractivity contribution in [3.05, 3.63) is 0 Å². The molecular formula is C11H16F3NO3. The summed E-state index contributed by atoms with van der Waals surface area (Å²) in [6.45, 7) is 1.32. The quantitative estimate of drug-likeness (QED) is 0.821. The molecule has 1 saturated carbocycles. The van der Waals surface area contributed by atoms with Gasteiger partial charge in [0, 0.05) is 5.92 Å². The van der Waals surface area contributed by atoms with Crippen molar-refractivity contribution in [1.82, 2.24) is 5.32 Å². The molecule has 0 aromatic rings. The number of halogens is 3. The van der Waals surface area contributed by atoms with Gasteiger partial charge in [0.05, 0.1) is 5.92 Å². The molecular weight excluding hydrogens is 251 g/mol. The van der Waals surface area contributed by atoms with Crippen LogP contribution in [0.1, 0.15) is 32.6 Å². The molecule has 0 unspecified atom stereocenters. The van der Waals surface area contributed by atoms with Gasteiger partial charge in [-0.1, -0.05) is 0 Å². The van der Waals surface area contributed by atoms with Crippen LogP contribution in [0.15, 0.2) is 0 Å². The van der Waals surface area contributed by atoms with Crippen LogP contribution in [0.3, 0.4) is 0 Å². The number of amides is 1. The molecule has 104 valence electrons. The van der Waals surface area contributed by atoms with Crippen molar-refractivity contribution in [2.75, 3.05) is 0 Å². The Morgan fingerprint density at radius 1 is 1.22 bits per heavy atom. The predicted octanol–water partition coefficient (Wildman–Crippen LogP) is 1.94. The van der Waals surface area contributed by atoms with Crippen LogP contribution in [0.2, 0.25) is 0 Å². The van der Waals surface area contributed by atoms with Crippen LogP contribution in [0, 0.1) is 11.8 Å². The predicted molar refractivity (Wildman–Crippen MR) is 56.7 cm³/mol. The average molecular weight is 267 g/mol. The molecule has 0 aromatic heterocycles. The average Bonchev–Trinajstić information content (AvgIpc) is 2.27. The summed E-state index contributed by atoms with van der Waals surface area (Å²) in [6.07, 6.45) is -4.02. The Hall–Kier alpha value is -1.27. The highest BCUT2D eigenvalue weighted by atomic mass is 19.4. The van der Waals surface area contributed by atoms with Crippen molar-refractivity contribution in [2.45, 2.75) is 44.8 Å². The Morgan fingerprint density at radius 2 is 1.72 bits per heavy atom. The van der Waals surface area contributed by atoms with Crippen molar-refractivity contribution in [2.24, 2.45) is 11.8 Å².